The van der Waals surface area contributed by atoms with Gasteiger partial charge < -0.3 is 10.2 Å². The lowest BCUT2D eigenvalue weighted by molar-refractivity contribution is -0.128. The third kappa shape index (κ3) is 2.46. The highest BCUT2D eigenvalue weighted by Crippen LogP contribution is 2.22. The van der Waals surface area contributed by atoms with Gasteiger partial charge in [0.15, 0.2) is 0 Å². The van der Waals surface area contributed by atoms with Gasteiger partial charge in [0.2, 0.25) is 11.8 Å². The zero-order valence-electron chi connectivity index (χ0n) is 10.1. The molecule has 17 heavy (non-hydrogen) atoms. The van der Waals surface area contributed by atoms with Crippen molar-refractivity contribution in [3.63, 3.8) is 0 Å². The molecule has 1 N–H and O–H groups in total. The average molecular weight is 232 g/mol. The zero-order chi connectivity index (χ0) is 12.4. The first-order valence-electron chi connectivity index (χ1n) is 5.75. The van der Waals surface area contributed by atoms with E-state index in [-0.39, 0.29) is 24.9 Å². The van der Waals surface area contributed by atoms with E-state index >= 15 is 0 Å². The van der Waals surface area contributed by atoms with Gasteiger partial charge in [-0.05, 0) is 23.6 Å². The highest BCUT2D eigenvalue weighted by Gasteiger charge is 2.24. The Kier molecular flexibility index (Phi) is 3.13. The van der Waals surface area contributed by atoms with E-state index in [9.17, 15) is 9.59 Å². The zero-order valence-corrected chi connectivity index (χ0v) is 10.1. The summed E-state index contributed by atoms with van der Waals surface area (Å²) in [6.45, 7) is 4.40. The molecule has 0 atom stereocenters. The molecule has 0 radical (unpaired) electrons. The lowest BCUT2D eigenvalue weighted by Gasteiger charge is -2.27. The fraction of sp³-hybridized carbons (Fsp3) is 0.385. The molecule has 2 amide bonds. The van der Waals surface area contributed by atoms with Crippen LogP contribution in [0.15, 0.2) is 24.3 Å². The minimum atomic E-state index is -0.112. The average Bonchev–Trinajstić information content (AvgIpc) is 2.32. The van der Waals surface area contributed by atoms with Crippen LogP contribution in [0.3, 0.4) is 0 Å². The van der Waals surface area contributed by atoms with Crippen molar-refractivity contribution >= 4 is 17.5 Å². The van der Waals surface area contributed by atoms with E-state index in [1.54, 1.807) is 0 Å². The van der Waals surface area contributed by atoms with Gasteiger partial charge in [-0.1, -0.05) is 26.0 Å². The number of rotatable bonds is 2. The van der Waals surface area contributed by atoms with E-state index in [1.165, 1.54) is 10.5 Å². The number of piperazine rings is 1. The number of amides is 2. The van der Waals surface area contributed by atoms with Gasteiger partial charge in [-0.2, -0.15) is 0 Å². The van der Waals surface area contributed by atoms with Gasteiger partial charge in [-0.3, -0.25) is 9.59 Å². The monoisotopic (exact) mass is 232 g/mol. The molecule has 0 spiro atoms. The van der Waals surface area contributed by atoms with Crippen molar-refractivity contribution in [3.05, 3.63) is 29.8 Å². The summed E-state index contributed by atoms with van der Waals surface area (Å²) in [5, 5.41) is 2.54. The first-order valence-corrected chi connectivity index (χ1v) is 5.75. The van der Waals surface area contributed by atoms with Crippen molar-refractivity contribution in [2.45, 2.75) is 19.8 Å². The molecule has 0 saturated carbocycles. The predicted molar refractivity (Wildman–Crippen MR) is 65.9 cm³/mol. The van der Waals surface area contributed by atoms with Crippen molar-refractivity contribution in [1.29, 1.82) is 0 Å². The molecule has 1 fully saturated rings. The highest BCUT2D eigenvalue weighted by atomic mass is 16.2. The summed E-state index contributed by atoms with van der Waals surface area (Å²) in [7, 11) is 0. The van der Waals surface area contributed by atoms with Crippen LogP contribution in [0.1, 0.15) is 25.3 Å². The topological polar surface area (TPSA) is 49.4 Å². The van der Waals surface area contributed by atoms with Crippen molar-refractivity contribution in [2.75, 3.05) is 18.0 Å². The van der Waals surface area contributed by atoms with Crippen LogP contribution in [0.5, 0.6) is 0 Å². The highest BCUT2D eigenvalue weighted by molar-refractivity contribution is 6.04. The molecule has 1 aliphatic heterocycles. The summed E-state index contributed by atoms with van der Waals surface area (Å²) in [5.41, 5.74) is 1.97. The summed E-state index contributed by atoms with van der Waals surface area (Å²) >= 11 is 0. The molecule has 1 heterocycles. The van der Waals surface area contributed by atoms with Crippen LogP contribution in [-0.4, -0.2) is 24.9 Å². The molecule has 90 valence electrons. The molecule has 0 aromatic heterocycles. The van der Waals surface area contributed by atoms with E-state index in [4.69, 9.17) is 0 Å². The summed E-state index contributed by atoms with van der Waals surface area (Å²) in [4.78, 5) is 24.6. The molecule has 2 rings (SSSR count). The SMILES string of the molecule is CC(C)c1cccc(N2CC(=O)NCC2=O)c1. The van der Waals surface area contributed by atoms with Crippen LogP contribution in [-0.2, 0) is 9.59 Å². The Morgan fingerprint density at radius 1 is 1.29 bits per heavy atom. The quantitative estimate of drug-likeness (QED) is 0.835. The molecular weight excluding hydrogens is 216 g/mol. The Bertz CT molecular complexity index is 454. The second-order valence-electron chi connectivity index (χ2n) is 4.51. The largest absolute Gasteiger partial charge is 0.345 e. The normalized spacial score (nSPS) is 16.3. The van der Waals surface area contributed by atoms with E-state index in [1.807, 2.05) is 24.3 Å². The van der Waals surface area contributed by atoms with Gasteiger partial charge >= 0.3 is 0 Å². The van der Waals surface area contributed by atoms with Crippen LogP contribution >= 0.6 is 0 Å². The lowest BCUT2D eigenvalue weighted by atomic mass is 10.0. The van der Waals surface area contributed by atoms with Crippen molar-refractivity contribution in [3.8, 4) is 0 Å². The molecule has 1 aliphatic rings. The van der Waals surface area contributed by atoms with Crippen LogP contribution in [0.2, 0.25) is 0 Å². The summed E-state index contributed by atoms with van der Waals surface area (Å²) in [6, 6.07) is 7.79. The van der Waals surface area contributed by atoms with E-state index < -0.39 is 0 Å². The third-order valence-corrected chi connectivity index (χ3v) is 2.89. The molecule has 4 heteroatoms. The predicted octanol–water partition coefficient (Wildman–Crippen LogP) is 1.27. The van der Waals surface area contributed by atoms with E-state index in [2.05, 4.69) is 19.2 Å². The number of carbonyl (C=O) groups is 2. The van der Waals surface area contributed by atoms with E-state index in [0.717, 1.165) is 5.69 Å². The molecule has 0 aliphatic carbocycles. The van der Waals surface area contributed by atoms with Crippen LogP contribution in [0.4, 0.5) is 5.69 Å². The third-order valence-electron chi connectivity index (χ3n) is 2.89. The minimum Gasteiger partial charge on any atom is -0.345 e. The molecule has 1 saturated heterocycles. The van der Waals surface area contributed by atoms with Gasteiger partial charge in [-0.15, -0.1) is 0 Å². The lowest BCUT2D eigenvalue weighted by Crippen LogP contribution is -2.51. The molecule has 0 bridgehead atoms. The van der Waals surface area contributed by atoms with Gasteiger partial charge in [0.05, 0.1) is 6.54 Å². The van der Waals surface area contributed by atoms with Crippen LogP contribution < -0.4 is 10.2 Å². The summed E-state index contributed by atoms with van der Waals surface area (Å²) < 4.78 is 0. The maximum atomic E-state index is 11.7. The maximum Gasteiger partial charge on any atom is 0.246 e. The number of carbonyl (C=O) groups excluding carboxylic acids is 2. The van der Waals surface area contributed by atoms with Crippen LogP contribution in [0.25, 0.3) is 0 Å². The number of anilines is 1. The number of nitrogens with one attached hydrogen (secondary N) is 1. The Morgan fingerprint density at radius 3 is 2.76 bits per heavy atom. The summed E-state index contributed by atoms with van der Waals surface area (Å²) in [5.74, 6) is 0.230. The van der Waals surface area contributed by atoms with Gasteiger partial charge in [0.25, 0.3) is 0 Å². The smallest absolute Gasteiger partial charge is 0.246 e. The number of nitrogens with zero attached hydrogens (tertiary/aromatic N) is 1. The Morgan fingerprint density at radius 2 is 2.06 bits per heavy atom. The number of hydrogen-bond donors (Lipinski definition) is 1. The number of hydrogen-bond acceptors (Lipinski definition) is 2. The second kappa shape index (κ2) is 4.57. The number of benzene rings is 1. The standard InChI is InChI=1S/C13H16N2O2/c1-9(2)10-4-3-5-11(6-10)15-8-12(16)14-7-13(15)17/h3-6,9H,7-8H2,1-2H3,(H,14,16). The Balaban J connectivity index is 2.29. The molecular formula is C13H16N2O2. The molecule has 1 aromatic carbocycles. The molecule has 4 nitrogen and oxygen atoms in total. The van der Waals surface area contributed by atoms with Gasteiger partial charge in [0, 0.05) is 5.69 Å². The second-order valence-corrected chi connectivity index (χ2v) is 4.51. The fourth-order valence-electron chi connectivity index (χ4n) is 1.84. The van der Waals surface area contributed by atoms with Gasteiger partial charge in [-0.25, -0.2) is 0 Å². The molecule has 0 unspecified atom stereocenters. The Labute approximate surface area is 101 Å². The fourth-order valence-corrected chi connectivity index (χ4v) is 1.84. The first-order chi connectivity index (χ1) is 8.08. The van der Waals surface area contributed by atoms with E-state index in [0.29, 0.717) is 5.92 Å². The first kappa shape index (κ1) is 11.6. The van der Waals surface area contributed by atoms with Crippen molar-refractivity contribution in [2.24, 2.45) is 0 Å². The summed E-state index contributed by atoms with van der Waals surface area (Å²) in [6.07, 6.45) is 0. The van der Waals surface area contributed by atoms with Crippen LogP contribution in [0, 0.1) is 0 Å². The van der Waals surface area contributed by atoms with Crippen molar-refractivity contribution < 1.29 is 9.59 Å². The molecule has 1 aromatic rings. The maximum absolute atomic E-state index is 11.7. The Hall–Kier alpha value is -1.84. The minimum absolute atomic E-state index is 0.0643. The van der Waals surface area contributed by atoms with Crippen molar-refractivity contribution in [1.82, 2.24) is 5.32 Å². The van der Waals surface area contributed by atoms with Gasteiger partial charge in [0.1, 0.15) is 6.54 Å².